The van der Waals surface area contributed by atoms with Gasteiger partial charge in [0.1, 0.15) is 0 Å². The second kappa shape index (κ2) is 8.86. The molecule has 0 saturated carbocycles. The Morgan fingerprint density at radius 1 is 1.23 bits per heavy atom. The molecule has 31 heavy (non-hydrogen) atoms. The molecule has 1 aliphatic heterocycles. The summed E-state index contributed by atoms with van der Waals surface area (Å²) in [6, 6.07) is 6.75. The van der Waals surface area contributed by atoms with Gasteiger partial charge in [-0.15, -0.1) is 0 Å². The third-order valence-corrected chi connectivity index (χ3v) is 6.05. The summed E-state index contributed by atoms with van der Waals surface area (Å²) in [6.07, 6.45) is 11.5. The third kappa shape index (κ3) is 4.44. The van der Waals surface area contributed by atoms with Gasteiger partial charge in [-0.25, -0.2) is 0 Å². The summed E-state index contributed by atoms with van der Waals surface area (Å²) < 4.78 is 0. The Morgan fingerprint density at radius 3 is 2.74 bits per heavy atom. The van der Waals surface area contributed by atoms with Crippen molar-refractivity contribution in [2.45, 2.75) is 32.6 Å². The van der Waals surface area contributed by atoms with E-state index in [0.29, 0.717) is 17.7 Å². The van der Waals surface area contributed by atoms with Crippen molar-refractivity contribution in [2.75, 3.05) is 6.54 Å². The van der Waals surface area contributed by atoms with Crippen molar-refractivity contribution in [2.24, 2.45) is 28.3 Å². The van der Waals surface area contributed by atoms with E-state index in [-0.39, 0.29) is 23.5 Å². The number of hydrogen-bond donors (Lipinski definition) is 3. The first-order chi connectivity index (χ1) is 15.0. The number of nitrogens with one attached hydrogen (secondary N) is 1. The Hall–Kier alpha value is -3.25. The Balaban J connectivity index is 1.44. The van der Waals surface area contributed by atoms with Crippen LogP contribution in [-0.4, -0.2) is 23.9 Å². The topological polar surface area (TPSA) is 111 Å². The van der Waals surface area contributed by atoms with Crippen molar-refractivity contribution in [3.63, 3.8) is 0 Å². The van der Waals surface area contributed by atoms with Crippen molar-refractivity contribution in [1.82, 2.24) is 5.32 Å². The minimum Gasteiger partial charge on any atom is -0.402 e. The van der Waals surface area contributed by atoms with E-state index in [9.17, 15) is 9.59 Å². The first-order valence-corrected chi connectivity index (χ1v) is 10.7. The summed E-state index contributed by atoms with van der Waals surface area (Å²) in [4.78, 5) is 29.1. The van der Waals surface area contributed by atoms with Crippen LogP contribution in [0, 0.1) is 11.8 Å². The number of allylic oxidation sites excluding steroid dienone is 7. The molecule has 2 atom stereocenters. The lowest BCUT2D eigenvalue weighted by molar-refractivity contribution is 0.0967. The van der Waals surface area contributed by atoms with Crippen molar-refractivity contribution >= 4 is 17.4 Å². The van der Waals surface area contributed by atoms with Gasteiger partial charge in [0.05, 0.1) is 0 Å². The maximum atomic E-state index is 12.6. The lowest BCUT2D eigenvalue weighted by Gasteiger charge is -2.23. The van der Waals surface area contributed by atoms with Crippen LogP contribution in [0.5, 0.6) is 0 Å². The molecule has 1 aromatic carbocycles. The molecule has 0 aromatic heterocycles. The van der Waals surface area contributed by atoms with Gasteiger partial charge < -0.3 is 16.8 Å². The van der Waals surface area contributed by atoms with Gasteiger partial charge in [0.15, 0.2) is 5.78 Å². The van der Waals surface area contributed by atoms with Crippen LogP contribution in [0.4, 0.5) is 0 Å². The van der Waals surface area contributed by atoms with E-state index in [1.54, 1.807) is 24.3 Å². The summed E-state index contributed by atoms with van der Waals surface area (Å²) in [5.41, 5.74) is 18.1. The lowest BCUT2D eigenvalue weighted by atomic mass is 9.81. The number of ketones is 1. The van der Waals surface area contributed by atoms with Crippen molar-refractivity contribution in [3.8, 4) is 0 Å². The standard InChI is InChI=1S/C25H28N4O2/c1-15(30)17-3-2-4-18(13-17)25(31)28-20-8-5-16(6-9-20)24-21(11-12-26)22-14-19(27)7-10-23(22)29-24/h2-5,8-9,13-14,16,21H,6-7,10-12,26-27H2,1H3,(H,28,31). The highest BCUT2D eigenvalue weighted by Gasteiger charge is 2.33. The molecule has 1 aromatic rings. The molecular formula is C25H28N4O2. The number of nitrogens with two attached hydrogens (primary N) is 2. The van der Waals surface area contributed by atoms with Crippen LogP contribution in [0.1, 0.15) is 53.3 Å². The van der Waals surface area contributed by atoms with Crippen molar-refractivity contribution in [3.05, 3.63) is 82.4 Å². The lowest BCUT2D eigenvalue weighted by Crippen LogP contribution is -2.27. The predicted octanol–water partition coefficient (Wildman–Crippen LogP) is 3.39. The van der Waals surface area contributed by atoms with Crippen molar-refractivity contribution < 1.29 is 9.59 Å². The molecule has 3 aliphatic rings. The van der Waals surface area contributed by atoms with Crippen LogP contribution in [0.15, 0.2) is 76.2 Å². The van der Waals surface area contributed by atoms with Crippen LogP contribution in [-0.2, 0) is 0 Å². The number of nitrogens with zero attached hydrogens (tertiary/aromatic N) is 1. The number of rotatable bonds is 6. The number of carbonyl (C=O) groups is 2. The van der Waals surface area contributed by atoms with E-state index in [2.05, 4.69) is 17.5 Å². The van der Waals surface area contributed by atoms with Gasteiger partial charge in [-0.05, 0) is 69.0 Å². The third-order valence-electron chi connectivity index (χ3n) is 6.05. The number of amides is 1. The molecule has 0 spiro atoms. The molecule has 0 fully saturated rings. The van der Waals surface area contributed by atoms with E-state index in [1.807, 2.05) is 12.2 Å². The number of hydrogen-bond acceptors (Lipinski definition) is 5. The molecule has 2 unspecified atom stereocenters. The minimum absolute atomic E-state index is 0.0634. The highest BCUT2D eigenvalue weighted by atomic mass is 16.1. The molecule has 0 bridgehead atoms. The summed E-state index contributed by atoms with van der Waals surface area (Å²) in [7, 11) is 0. The van der Waals surface area contributed by atoms with E-state index >= 15 is 0 Å². The van der Waals surface area contributed by atoms with Crippen LogP contribution in [0.2, 0.25) is 0 Å². The van der Waals surface area contributed by atoms with Crippen LogP contribution >= 0.6 is 0 Å². The molecule has 5 N–H and O–H groups in total. The number of benzene rings is 1. The smallest absolute Gasteiger partial charge is 0.255 e. The van der Waals surface area contributed by atoms with Gasteiger partial charge in [-0.2, -0.15) is 0 Å². The zero-order chi connectivity index (χ0) is 22.0. The normalized spacial score (nSPS) is 22.5. The Labute approximate surface area is 182 Å². The quantitative estimate of drug-likeness (QED) is 0.617. The van der Waals surface area contributed by atoms with Crippen molar-refractivity contribution in [1.29, 1.82) is 0 Å². The zero-order valence-electron chi connectivity index (χ0n) is 17.7. The molecule has 0 radical (unpaired) electrons. The molecular weight excluding hydrogens is 388 g/mol. The highest BCUT2D eigenvalue weighted by Crippen LogP contribution is 2.39. The first kappa shape index (κ1) is 21.0. The monoisotopic (exact) mass is 416 g/mol. The molecule has 1 heterocycles. The second-order valence-corrected chi connectivity index (χ2v) is 8.24. The highest BCUT2D eigenvalue weighted by molar-refractivity contribution is 6.00. The average Bonchev–Trinajstić information content (AvgIpc) is 3.12. The van der Waals surface area contributed by atoms with Gasteiger partial charge in [-0.1, -0.05) is 24.3 Å². The van der Waals surface area contributed by atoms with Crippen LogP contribution < -0.4 is 16.8 Å². The van der Waals surface area contributed by atoms with Gasteiger partial charge >= 0.3 is 0 Å². The largest absolute Gasteiger partial charge is 0.402 e. The van der Waals surface area contributed by atoms with E-state index in [0.717, 1.165) is 48.5 Å². The average molecular weight is 417 g/mol. The number of carbonyl (C=O) groups excluding carboxylic acids is 2. The Bertz CT molecular complexity index is 1070. The SMILES string of the molecule is CC(=O)c1cccc(C(=O)NC2=CCC(C3=NC4=C(C=C(N)CC4)C3CCN)C=C2)c1. The Kier molecular flexibility index (Phi) is 6.00. The fourth-order valence-electron chi connectivity index (χ4n) is 4.40. The number of aliphatic imine (C=N–C) groups is 1. The molecule has 4 rings (SSSR count). The molecule has 0 saturated heterocycles. The first-order valence-electron chi connectivity index (χ1n) is 10.7. The molecule has 2 aliphatic carbocycles. The maximum Gasteiger partial charge on any atom is 0.255 e. The second-order valence-electron chi connectivity index (χ2n) is 8.24. The fourth-order valence-corrected chi connectivity index (χ4v) is 4.40. The minimum atomic E-state index is -0.227. The molecule has 6 nitrogen and oxygen atoms in total. The van der Waals surface area contributed by atoms with E-state index in [1.165, 1.54) is 12.5 Å². The van der Waals surface area contributed by atoms with Gasteiger partial charge in [0.25, 0.3) is 5.91 Å². The van der Waals surface area contributed by atoms with Crippen LogP contribution in [0.25, 0.3) is 0 Å². The summed E-state index contributed by atoms with van der Waals surface area (Å²) in [5.74, 6) is 0.104. The predicted molar refractivity (Wildman–Crippen MR) is 122 cm³/mol. The van der Waals surface area contributed by atoms with Crippen LogP contribution in [0.3, 0.4) is 0 Å². The van der Waals surface area contributed by atoms with Gasteiger partial charge in [0, 0.05) is 45.8 Å². The number of Topliss-reactive ketones (excluding diaryl/α,β-unsaturated/α-hetero) is 1. The van der Waals surface area contributed by atoms with E-state index in [4.69, 9.17) is 16.5 Å². The fraction of sp³-hybridized carbons (Fsp3) is 0.320. The summed E-state index contributed by atoms with van der Waals surface area (Å²) in [5, 5.41) is 2.93. The molecule has 160 valence electrons. The molecule has 1 amide bonds. The van der Waals surface area contributed by atoms with Gasteiger partial charge in [0.2, 0.25) is 0 Å². The molecule has 6 heteroatoms. The zero-order valence-corrected chi connectivity index (χ0v) is 17.7. The Morgan fingerprint density at radius 2 is 2.03 bits per heavy atom. The van der Waals surface area contributed by atoms with E-state index < -0.39 is 0 Å². The summed E-state index contributed by atoms with van der Waals surface area (Å²) in [6.45, 7) is 2.09. The van der Waals surface area contributed by atoms with Gasteiger partial charge in [-0.3, -0.25) is 14.6 Å². The summed E-state index contributed by atoms with van der Waals surface area (Å²) >= 11 is 0. The maximum absolute atomic E-state index is 12.6.